The van der Waals surface area contributed by atoms with Crippen LogP contribution in [0.2, 0.25) is 0 Å². The lowest BCUT2D eigenvalue weighted by Crippen LogP contribution is -2.18. The van der Waals surface area contributed by atoms with Crippen molar-refractivity contribution in [2.75, 3.05) is 0 Å². The number of thioether (sulfide) groups is 1. The summed E-state index contributed by atoms with van der Waals surface area (Å²) >= 11 is 1.48. The van der Waals surface area contributed by atoms with E-state index in [0.29, 0.717) is 34.1 Å². The lowest BCUT2D eigenvalue weighted by Gasteiger charge is -2.28. The van der Waals surface area contributed by atoms with Crippen molar-refractivity contribution in [3.8, 4) is 12.1 Å². The molecule has 4 aromatic carbocycles. The smallest absolute Gasteiger partial charge is 0.264 e. The van der Waals surface area contributed by atoms with Gasteiger partial charge in [0, 0.05) is 31.5 Å². The van der Waals surface area contributed by atoms with Crippen LogP contribution in [0.3, 0.4) is 0 Å². The van der Waals surface area contributed by atoms with Gasteiger partial charge < -0.3 is 0 Å². The number of hydrogen-bond acceptors (Lipinski definition) is 5. The Balaban J connectivity index is 1.67. The molecule has 1 unspecified atom stereocenters. The second-order valence-electron chi connectivity index (χ2n) is 9.56. The number of allylic oxidation sites excluding steroid dienone is 3. The predicted molar refractivity (Wildman–Crippen MR) is 149 cm³/mol. The highest BCUT2D eigenvalue weighted by atomic mass is 32.2. The van der Waals surface area contributed by atoms with E-state index in [0.717, 1.165) is 53.5 Å². The minimum atomic E-state index is -0.301. The summed E-state index contributed by atoms with van der Waals surface area (Å²) in [5.74, 6) is -0.301. The first-order chi connectivity index (χ1) is 18.6. The predicted octanol–water partition coefficient (Wildman–Crippen LogP) is 7.08. The number of aromatic nitrogens is 2. The molecule has 0 radical (unpaired) electrons. The zero-order chi connectivity index (χ0) is 25.7. The monoisotopic (exact) mass is 503 g/mol. The third-order valence-corrected chi connectivity index (χ3v) is 8.89. The summed E-state index contributed by atoms with van der Waals surface area (Å²) in [7, 11) is 0. The molecule has 1 aliphatic heterocycles. The molecule has 0 saturated carbocycles. The number of nitrogens with zero attached hydrogens (tertiary/aromatic N) is 5. The van der Waals surface area contributed by atoms with Crippen LogP contribution in [-0.4, -0.2) is 9.38 Å². The molecule has 6 nitrogen and oxygen atoms in total. The molecule has 174 valence electrons. The van der Waals surface area contributed by atoms with E-state index in [-0.39, 0.29) is 11.5 Å². The zero-order valence-corrected chi connectivity index (χ0v) is 20.4. The minimum absolute atomic E-state index is 0.244. The second-order valence-corrected chi connectivity index (χ2v) is 10.6. The first-order valence-corrected chi connectivity index (χ1v) is 12.8. The Labute approximate surface area is 219 Å². The van der Waals surface area contributed by atoms with Crippen LogP contribution in [0.1, 0.15) is 17.5 Å². The largest absolute Gasteiger partial charge is 0.268 e. The Morgan fingerprint density at radius 1 is 1.08 bits per heavy atom. The molecule has 2 aliphatic rings. The molecule has 38 heavy (non-hydrogen) atoms. The Kier molecular flexibility index (Phi) is 3.98. The van der Waals surface area contributed by atoms with E-state index in [2.05, 4.69) is 17.0 Å². The molecule has 2 aromatic heterocycles. The molecule has 0 saturated heterocycles. The quantitative estimate of drug-likeness (QED) is 0.126. The van der Waals surface area contributed by atoms with Gasteiger partial charge in [0.1, 0.15) is 5.65 Å². The molecular formula is C31H13N5OS. The Morgan fingerprint density at radius 3 is 2.71 bits per heavy atom. The summed E-state index contributed by atoms with van der Waals surface area (Å²) in [5.41, 5.74) is 4.24. The maximum Gasteiger partial charge on any atom is 0.264 e. The Morgan fingerprint density at radius 2 is 1.92 bits per heavy atom. The van der Waals surface area contributed by atoms with Gasteiger partial charge in [0.25, 0.3) is 5.56 Å². The summed E-state index contributed by atoms with van der Waals surface area (Å²) in [4.78, 5) is 24.8. The molecule has 3 heterocycles. The van der Waals surface area contributed by atoms with Crippen LogP contribution in [0, 0.1) is 35.2 Å². The van der Waals surface area contributed by atoms with Crippen LogP contribution < -0.4 is 5.56 Å². The number of fused-ring (bicyclic) bond motifs is 4. The van der Waals surface area contributed by atoms with Gasteiger partial charge in [0.2, 0.25) is 5.69 Å². The van der Waals surface area contributed by atoms with Crippen LogP contribution in [-0.2, 0) is 0 Å². The first kappa shape index (κ1) is 21.0. The average Bonchev–Trinajstić information content (AvgIpc) is 2.96. The van der Waals surface area contributed by atoms with Gasteiger partial charge in [-0.15, -0.1) is 11.8 Å². The highest BCUT2D eigenvalue weighted by Gasteiger charge is 2.32. The molecule has 7 heteroatoms. The fourth-order valence-electron chi connectivity index (χ4n) is 6.10. The van der Waals surface area contributed by atoms with Gasteiger partial charge >= 0.3 is 0 Å². The van der Waals surface area contributed by atoms with E-state index < -0.39 is 0 Å². The van der Waals surface area contributed by atoms with Crippen molar-refractivity contribution < 1.29 is 0 Å². The van der Waals surface area contributed by atoms with Gasteiger partial charge in [-0.25, -0.2) is 9.83 Å². The number of benzene rings is 4. The van der Waals surface area contributed by atoms with Crippen LogP contribution >= 0.6 is 11.8 Å². The lowest BCUT2D eigenvalue weighted by molar-refractivity contribution is 0.850. The maximum atomic E-state index is 14.2. The fraction of sp³-hybridized carbons (Fsp3) is 0.0645. The normalized spacial score (nSPS) is 16.3. The van der Waals surface area contributed by atoms with Crippen molar-refractivity contribution in [2.24, 2.45) is 5.92 Å². The maximum absolute atomic E-state index is 14.2. The fourth-order valence-corrected chi connectivity index (χ4v) is 7.29. The number of hydrogen-bond donors (Lipinski definition) is 0. The molecule has 8 rings (SSSR count). The minimum Gasteiger partial charge on any atom is -0.268 e. The van der Waals surface area contributed by atoms with Crippen molar-refractivity contribution in [2.45, 2.75) is 11.3 Å². The van der Waals surface area contributed by atoms with Crippen LogP contribution in [0.15, 0.2) is 75.3 Å². The standard InChI is InChI=1S/C31H13N5OS/c1-34-22-12-19-27-20(31(37)36-23-7-3-5-16-4-2-6-21(26(16)23)35-30(19)36)11-17(14-33)25-18-10-15(13-32)8-9-24(18)38-29(22)28(25)27/h2-9,11-12,15H,10H2. The van der Waals surface area contributed by atoms with Crippen molar-refractivity contribution in [3.63, 3.8) is 0 Å². The lowest BCUT2D eigenvalue weighted by atomic mass is 9.83. The summed E-state index contributed by atoms with van der Waals surface area (Å²) in [6.45, 7) is 8.02. The molecule has 0 fully saturated rings. The molecule has 6 aromatic rings. The van der Waals surface area contributed by atoms with Crippen molar-refractivity contribution >= 4 is 72.0 Å². The molecule has 0 spiro atoms. The van der Waals surface area contributed by atoms with Gasteiger partial charge in [0.15, 0.2) is 0 Å². The number of pyridine rings is 1. The van der Waals surface area contributed by atoms with E-state index in [4.69, 9.17) is 11.6 Å². The second kappa shape index (κ2) is 7.20. The van der Waals surface area contributed by atoms with E-state index in [1.165, 1.54) is 11.8 Å². The topological polar surface area (TPSA) is 86.3 Å². The summed E-state index contributed by atoms with van der Waals surface area (Å²) in [6.07, 6.45) is 4.27. The van der Waals surface area contributed by atoms with Crippen molar-refractivity contribution in [1.29, 1.82) is 10.5 Å². The van der Waals surface area contributed by atoms with Gasteiger partial charge in [-0.2, -0.15) is 10.5 Å². The molecule has 0 amide bonds. The van der Waals surface area contributed by atoms with Gasteiger partial charge in [-0.05, 0) is 47.0 Å². The highest BCUT2D eigenvalue weighted by Crippen LogP contribution is 2.55. The average molecular weight is 504 g/mol. The van der Waals surface area contributed by atoms with Gasteiger partial charge in [0.05, 0.1) is 46.6 Å². The molecule has 0 bridgehead atoms. The van der Waals surface area contributed by atoms with Crippen molar-refractivity contribution in [1.82, 2.24) is 9.38 Å². The van der Waals surface area contributed by atoms with Gasteiger partial charge in [-0.3, -0.25) is 9.20 Å². The molecular weight excluding hydrogens is 490 g/mol. The van der Waals surface area contributed by atoms with Crippen LogP contribution in [0.4, 0.5) is 5.69 Å². The van der Waals surface area contributed by atoms with Crippen LogP contribution in [0.5, 0.6) is 0 Å². The molecule has 0 N–H and O–H groups in total. The SMILES string of the molecule is [C-]#[N+]c1cc2c3c4c1SC1=C(CC(C#N)C=C1)c4c(C#N)cc3c(=O)n1c3cccc4cccc(nc21)c43. The summed E-state index contributed by atoms with van der Waals surface area (Å²) in [5, 5.41) is 24.4. The third kappa shape index (κ3) is 2.45. The number of nitriles is 2. The number of rotatable bonds is 0. The van der Waals surface area contributed by atoms with Gasteiger partial charge in [-0.1, -0.05) is 36.4 Å². The zero-order valence-electron chi connectivity index (χ0n) is 19.6. The summed E-state index contributed by atoms with van der Waals surface area (Å²) in [6, 6.07) is 19.9. The van der Waals surface area contributed by atoms with E-state index in [1.807, 2.05) is 54.6 Å². The molecule has 1 atom stereocenters. The van der Waals surface area contributed by atoms with E-state index in [1.54, 1.807) is 10.5 Å². The van der Waals surface area contributed by atoms with E-state index in [9.17, 15) is 15.3 Å². The third-order valence-electron chi connectivity index (χ3n) is 7.67. The van der Waals surface area contributed by atoms with Crippen LogP contribution in [0.25, 0.3) is 59.4 Å². The first-order valence-electron chi connectivity index (χ1n) is 12.0. The summed E-state index contributed by atoms with van der Waals surface area (Å²) < 4.78 is 1.62. The molecule has 1 aliphatic carbocycles. The highest BCUT2D eigenvalue weighted by molar-refractivity contribution is 8.04. The van der Waals surface area contributed by atoms with E-state index >= 15 is 0 Å². The van der Waals surface area contributed by atoms with Crippen molar-refractivity contribution in [3.05, 3.63) is 98.5 Å². The Hall–Kier alpha value is -5.16. The Bertz CT molecular complexity index is 2350.